The number of halogens is 2. The molecule has 8 heterocycles. The molecule has 3 amide bonds. The fourth-order valence-corrected chi connectivity index (χ4v) is 11.8. The predicted molar refractivity (Wildman–Crippen MR) is 216 cm³/mol. The molecule has 1 aliphatic carbocycles. The van der Waals surface area contributed by atoms with Gasteiger partial charge in [0.1, 0.15) is 18.4 Å². The van der Waals surface area contributed by atoms with E-state index >= 15 is 0 Å². The zero-order valence-corrected chi connectivity index (χ0v) is 33.2. The molecule has 11 rings (SSSR count). The van der Waals surface area contributed by atoms with Gasteiger partial charge in [-0.15, -0.1) is 0 Å². The van der Waals surface area contributed by atoms with Gasteiger partial charge in [0, 0.05) is 97.4 Å². The van der Waals surface area contributed by atoms with Crippen LogP contribution in [0.3, 0.4) is 0 Å². The van der Waals surface area contributed by atoms with Crippen LogP contribution < -0.4 is 19.9 Å². The quantitative estimate of drug-likeness (QED) is 0.258. The Morgan fingerprint density at radius 1 is 1.00 bits per heavy atom. The van der Waals surface area contributed by atoms with Crippen molar-refractivity contribution in [3.8, 4) is 5.75 Å². The fraction of sp³-hybridized carbons (Fsp3) is 0.523. The summed E-state index contributed by atoms with van der Waals surface area (Å²) in [6.07, 6.45) is 6.01. The van der Waals surface area contributed by atoms with Crippen molar-refractivity contribution in [2.45, 2.75) is 82.6 Å². The summed E-state index contributed by atoms with van der Waals surface area (Å²) in [5, 5.41) is 3.53. The van der Waals surface area contributed by atoms with Crippen LogP contribution in [0.25, 0.3) is 10.9 Å². The van der Waals surface area contributed by atoms with Gasteiger partial charge >= 0.3 is 0 Å². The van der Waals surface area contributed by atoms with Crippen molar-refractivity contribution in [1.29, 1.82) is 0 Å². The number of carbonyl (C=O) groups excluding carboxylic acids is 3. The Kier molecular flexibility index (Phi) is 8.74. The molecule has 2 aromatic heterocycles. The Morgan fingerprint density at radius 3 is 2.64 bits per heavy atom. The average Bonchev–Trinajstić information content (AvgIpc) is 3.92. The summed E-state index contributed by atoms with van der Waals surface area (Å²) in [6, 6.07) is 11.2. The molecule has 1 unspecified atom stereocenters. The maximum absolute atomic E-state index is 13.9. The molecular weight excluding hydrogens is 757 g/mol. The number of piperidine rings is 1. The zero-order valence-electron chi connectivity index (χ0n) is 33.2. The number of hydrogen-bond donors (Lipinski definition) is 2. The SMILES string of the molecule is C[C@@H]1Cc2c([nH]c3ccccc23)[C@@H](c2cnc(N3CCC4(CC(CN5CCN6c7ccc8c(c7OC[C@H]6C5)CN(C5CCC(=O)NC5=O)C8=O)C4)C3)nc2)N1CC(F)F. The standard InChI is InChI=1S/C44H49F2N9O4/c1-25-14-31-29-4-2-3-5-33(29)49-38(31)39(54(25)22-36(45)46)27-17-47-43(48-18-27)52-11-10-44(24-52)15-26(16-44)19-51-12-13-53-28(20-51)23-59-40-32-21-55(35-8-9-37(56)50-41(35)57)42(58)30(32)6-7-34(40)53/h2-7,17-18,25-26,28,35-36,39,49H,8-16,19-24H2,1H3,(H,50,56,57)/t25-,26?,28-,35?,39-,44?/m1/s1. The largest absolute Gasteiger partial charge is 0.489 e. The average molecular weight is 806 g/mol. The van der Waals surface area contributed by atoms with Gasteiger partial charge in [-0.25, -0.2) is 18.7 Å². The Bertz CT molecular complexity index is 2350. The topological polar surface area (TPSA) is 130 Å². The molecule has 3 saturated heterocycles. The number of benzene rings is 2. The highest BCUT2D eigenvalue weighted by molar-refractivity contribution is 6.06. The van der Waals surface area contributed by atoms with Gasteiger partial charge < -0.3 is 24.4 Å². The first kappa shape index (κ1) is 36.9. The van der Waals surface area contributed by atoms with Crippen molar-refractivity contribution >= 4 is 40.3 Å². The summed E-state index contributed by atoms with van der Waals surface area (Å²) in [7, 11) is 0. The molecule has 4 aromatic rings. The van der Waals surface area contributed by atoms with E-state index in [1.54, 1.807) is 4.90 Å². The zero-order chi connectivity index (χ0) is 40.2. The molecule has 4 atom stereocenters. The number of imide groups is 1. The molecule has 13 nitrogen and oxygen atoms in total. The first-order valence-electron chi connectivity index (χ1n) is 21.2. The molecular formula is C44H49F2N9O4. The number of carbonyl (C=O) groups is 3. The molecule has 308 valence electrons. The van der Waals surface area contributed by atoms with Crippen molar-refractivity contribution in [3.05, 3.63) is 76.7 Å². The highest BCUT2D eigenvalue weighted by atomic mass is 19.3. The molecule has 4 fully saturated rings. The highest BCUT2D eigenvalue weighted by Gasteiger charge is 2.50. The summed E-state index contributed by atoms with van der Waals surface area (Å²) in [4.78, 5) is 61.8. The maximum Gasteiger partial charge on any atom is 0.255 e. The van der Waals surface area contributed by atoms with Crippen molar-refractivity contribution < 1.29 is 27.9 Å². The van der Waals surface area contributed by atoms with Crippen LogP contribution in [-0.2, 0) is 22.6 Å². The van der Waals surface area contributed by atoms with Crippen LogP contribution in [0.15, 0.2) is 48.8 Å². The number of piperazine rings is 1. The third-order valence-electron chi connectivity index (χ3n) is 14.5. The second-order valence-corrected chi connectivity index (χ2v) is 18.1. The number of ether oxygens (including phenoxy) is 1. The number of fused-ring (bicyclic) bond motifs is 8. The van der Waals surface area contributed by atoms with Crippen molar-refractivity contribution in [3.63, 3.8) is 0 Å². The number of para-hydroxylation sites is 1. The minimum absolute atomic E-state index is 0.0578. The predicted octanol–water partition coefficient (Wildman–Crippen LogP) is 4.51. The number of aromatic amines is 1. The van der Waals surface area contributed by atoms with Crippen LogP contribution in [0.4, 0.5) is 20.4 Å². The molecule has 7 aliphatic rings. The Hall–Kier alpha value is -5.15. The van der Waals surface area contributed by atoms with Gasteiger partial charge in [-0.05, 0) is 74.1 Å². The van der Waals surface area contributed by atoms with Crippen LogP contribution in [0.5, 0.6) is 5.75 Å². The molecule has 2 aromatic carbocycles. The van der Waals surface area contributed by atoms with Gasteiger partial charge in [-0.3, -0.25) is 29.5 Å². The van der Waals surface area contributed by atoms with Crippen molar-refractivity contribution in [1.82, 2.24) is 35.0 Å². The summed E-state index contributed by atoms with van der Waals surface area (Å²) >= 11 is 0. The lowest BCUT2D eigenvalue weighted by Gasteiger charge is -2.50. The molecule has 1 spiro atoms. The van der Waals surface area contributed by atoms with Crippen LogP contribution in [0.1, 0.15) is 77.8 Å². The highest BCUT2D eigenvalue weighted by Crippen LogP contribution is 2.53. The van der Waals surface area contributed by atoms with Gasteiger partial charge in [0.2, 0.25) is 17.8 Å². The first-order valence-corrected chi connectivity index (χ1v) is 21.2. The van der Waals surface area contributed by atoms with E-state index in [2.05, 4.69) is 31.1 Å². The monoisotopic (exact) mass is 805 g/mol. The lowest BCUT2D eigenvalue weighted by atomic mass is 9.61. The molecule has 1 saturated carbocycles. The Labute approximate surface area is 341 Å². The molecule has 0 radical (unpaired) electrons. The van der Waals surface area contributed by atoms with Gasteiger partial charge in [0.25, 0.3) is 12.3 Å². The molecule has 59 heavy (non-hydrogen) atoms. The minimum atomic E-state index is -2.44. The number of rotatable bonds is 7. The van der Waals surface area contributed by atoms with E-state index in [9.17, 15) is 23.2 Å². The first-order chi connectivity index (χ1) is 28.6. The van der Waals surface area contributed by atoms with Gasteiger partial charge in [0.15, 0.2) is 0 Å². The summed E-state index contributed by atoms with van der Waals surface area (Å²) in [6.45, 7) is 8.24. The number of hydrogen-bond acceptors (Lipinski definition) is 10. The number of anilines is 2. The smallest absolute Gasteiger partial charge is 0.255 e. The lowest BCUT2D eigenvalue weighted by molar-refractivity contribution is -0.136. The van der Waals surface area contributed by atoms with Gasteiger partial charge in [0.05, 0.1) is 30.9 Å². The summed E-state index contributed by atoms with van der Waals surface area (Å²) in [5.41, 5.74) is 6.71. The second-order valence-electron chi connectivity index (χ2n) is 18.1. The van der Waals surface area contributed by atoms with Crippen molar-refractivity contribution in [2.75, 3.05) is 62.2 Å². The number of H-pyrrole nitrogens is 1. The van der Waals surface area contributed by atoms with Crippen molar-refractivity contribution in [2.24, 2.45) is 11.3 Å². The van der Waals surface area contributed by atoms with E-state index in [0.717, 1.165) is 84.9 Å². The molecule has 0 bridgehead atoms. The third kappa shape index (κ3) is 6.17. The fourth-order valence-electron chi connectivity index (χ4n) is 11.8. The van der Waals surface area contributed by atoms with E-state index in [1.807, 2.05) is 54.5 Å². The van der Waals surface area contributed by atoms with Crippen LogP contribution >= 0.6 is 0 Å². The number of aromatic nitrogens is 3. The summed E-state index contributed by atoms with van der Waals surface area (Å²) < 4.78 is 34.3. The second kappa shape index (κ2) is 14.0. The number of nitrogens with one attached hydrogen (secondary N) is 2. The minimum Gasteiger partial charge on any atom is -0.489 e. The van der Waals surface area contributed by atoms with Crippen LogP contribution in [0.2, 0.25) is 0 Å². The van der Waals surface area contributed by atoms with Gasteiger partial charge in [-0.2, -0.15) is 0 Å². The van der Waals surface area contributed by atoms with E-state index < -0.39 is 18.4 Å². The lowest BCUT2D eigenvalue weighted by Crippen LogP contribution is -2.58. The van der Waals surface area contributed by atoms with Crippen LogP contribution in [0, 0.1) is 11.3 Å². The normalized spacial score (nSPS) is 29.4. The molecule has 6 aliphatic heterocycles. The molecule has 2 N–H and O–H groups in total. The van der Waals surface area contributed by atoms with E-state index in [1.165, 1.54) is 18.4 Å². The summed E-state index contributed by atoms with van der Waals surface area (Å²) in [5.74, 6) is 1.21. The van der Waals surface area contributed by atoms with E-state index in [4.69, 9.17) is 14.7 Å². The third-order valence-corrected chi connectivity index (χ3v) is 14.5. The Balaban J connectivity index is 0.711. The Morgan fingerprint density at radius 2 is 1.83 bits per heavy atom. The van der Waals surface area contributed by atoms with Gasteiger partial charge in [-0.1, -0.05) is 18.2 Å². The molecule has 15 heteroatoms. The van der Waals surface area contributed by atoms with Crippen LogP contribution in [-0.4, -0.2) is 124 Å². The number of nitrogens with zero attached hydrogens (tertiary/aromatic N) is 7. The van der Waals surface area contributed by atoms with E-state index in [-0.39, 0.29) is 48.3 Å². The number of amides is 3. The maximum atomic E-state index is 13.9. The van der Waals surface area contributed by atoms with E-state index in [0.29, 0.717) is 43.4 Å². The number of alkyl halides is 2.